The van der Waals surface area contributed by atoms with Crippen molar-refractivity contribution in [3.8, 4) is 0 Å². The summed E-state index contributed by atoms with van der Waals surface area (Å²) in [5, 5.41) is 3.12. The second-order valence-electron chi connectivity index (χ2n) is 5.10. The van der Waals surface area contributed by atoms with Gasteiger partial charge in [0.1, 0.15) is 0 Å². The lowest BCUT2D eigenvalue weighted by Crippen LogP contribution is -2.17. The Morgan fingerprint density at radius 2 is 2.05 bits per heavy atom. The summed E-state index contributed by atoms with van der Waals surface area (Å²) < 4.78 is 38.7. The van der Waals surface area contributed by atoms with Gasteiger partial charge >= 0.3 is 6.18 Å². The average molecular weight is 336 g/mol. The van der Waals surface area contributed by atoms with Crippen LogP contribution in [0.15, 0.2) is 22.7 Å². The summed E-state index contributed by atoms with van der Waals surface area (Å²) in [7, 11) is 1.80. The molecule has 106 valence electrons. The number of hydrogen-bond acceptors (Lipinski definition) is 1. The Labute approximate surface area is 119 Å². The number of rotatable bonds is 5. The van der Waals surface area contributed by atoms with E-state index in [-0.39, 0.29) is 10.5 Å². The van der Waals surface area contributed by atoms with E-state index in [4.69, 9.17) is 0 Å². The Hall–Kier alpha value is -0.550. The van der Waals surface area contributed by atoms with Gasteiger partial charge in [-0.1, -0.05) is 34.8 Å². The molecule has 0 amide bonds. The van der Waals surface area contributed by atoms with Gasteiger partial charge in [-0.05, 0) is 43.5 Å². The topological polar surface area (TPSA) is 12.0 Å². The smallest absolute Gasteiger partial charge is 0.313 e. The molecular formula is C14H17BrF3N. The molecule has 1 aliphatic carbocycles. The molecule has 0 bridgehead atoms. The average Bonchev–Trinajstić information content (AvgIpc) is 3.14. The lowest BCUT2D eigenvalue weighted by Gasteiger charge is -2.19. The van der Waals surface area contributed by atoms with Crippen LogP contribution >= 0.6 is 15.9 Å². The molecule has 1 aliphatic rings. The Balaban J connectivity index is 2.17. The van der Waals surface area contributed by atoms with Crippen molar-refractivity contribution in [3.05, 3.63) is 33.8 Å². The molecule has 1 nitrogen and oxygen atoms in total. The Bertz CT molecular complexity index is 441. The largest absolute Gasteiger partial charge is 0.417 e. The minimum Gasteiger partial charge on any atom is -0.313 e. The molecule has 0 spiro atoms. The van der Waals surface area contributed by atoms with Crippen LogP contribution in [-0.2, 0) is 6.18 Å². The molecule has 0 radical (unpaired) electrons. The number of hydrogen-bond donors (Lipinski definition) is 1. The van der Waals surface area contributed by atoms with E-state index in [1.165, 1.54) is 25.0 Å². The van der Waals surface area contributed by atoms with Crippen LogP contribution in [0.25, 0.3) is 0 Å². The van der Waals surface area contributed by atoms with E-state index in [0.29, 0.717) is 5.56 Å². The van der Waals surface area contributed by atoms with Gasteiger partial charge in [-0.2, -0.15) is 13.2 Å². The zero-order chi connectivity index (χ0) is 14.0. The lowest BCUT2D eigenvalue weighted by molar-refractivity contribution is -0.138. The quantitative estimate of drug-likeness (QED) is 0.805. The summed E-state index contributed by atoms with van der Waals surface area (Å²) in [5.74, 6) is 0.786. The number of benzene rings is 1. The third kappa shape index (κ3) is 3.96. The van der Waals surface area contributed by atoms with Crippen molar-refractivity contribution in [2.75, 3.05) is 7.05 Å². The molecule has 0 aliphatic heterocycles. The highest BCUT2D eigenvalue weighted by Crippen LogP contribution is 2.38. The lowest BCUT2D eigenvalue weighted by atomic mass is 9.98. The number of nitrogens with one attached hydrogen (secondary N) is 1. The van der Waals surface area contributed by atoms with Crippen LogP contribution in [-0.4, -0.2) is 7.05 Å². The number of halogens is 4. The van der Waals surface area contributed by atoms with Crippen molar-refractivity contribution in [2.45, 2.75) is 37.9 Å². The standard InChI is InChI=1S/C14H17BrF3N/c1-19-13(7-4-9-2-3-9)10-5-6-12(15)11(8-10)14(16,17)18/h5-6,8-9,13,19H,2-4,7H2,1H3. The van der Waals surface area contributed by atoms with E-state index in [9.17, 15) is 13.2 Å². The van der Waals surface area contributed by atoms with Gasteiger partial charge in [0, 0.05) is 10.5 Å². The minimum absolute atomic E-state index is 0.00481. The van der Waals surface area contributed by atoms with Crippen molar-refractivity contribution in [2.24, 2.45) is 5.92 Å². The maximum Gasteiger partial charge on any atom is 0.417 e. The van der Waals surface area contributed by atoms with Gasteiger partial charge in [0.15, 0.2) is 0 Å². The van der Waals surface area contributed by atoms with Crippen LogP contribution in [0.3, 0.4) is 0 Å². The predicted molar refractivity (Wildman–Crippen MR) is 72.9 cm³/mol. The monoisotopic (exact) mass is 335 g/mol. The summed E-state index contributed by atoms with van der Waals surface area (Å²) in [6, 6.07) is 4.49. The first-order valence-electron chi connectivity index (χ1n) is 6.45. The molecule has 5 heteroatoms. The molecule has 1 aromatic rings. The van der Waals surface area contributed by atoms with Gasteiger partial charge in [0.2, 0.25) is 0 Å². The highest BCUT2D eigenvalue weighted by molar-refractivity contribution is 9.10. The molecule has 1 atom stereocenters. The highest BCUT2D eigenvalue weighted by Gasteiger charge is 2.33. The summed E-state index contributed by atoms with van der Waals surface area (Å²) in [6.45, 7) is 0. The molecular weight excluding hydrogens is 319 g/mol. The Morgan fingerprint density at radius 3 is 2.58 bits per heavy atom. The van der Waals surface area contributed by atoms with Gasteiger partial charge in [-0.25, -0.2) is 0 Å². The number of alkyl halides is 3. The van der Waals surface area contributed by atoms with Crippen molar-refractivity contribution in [1.29, 1.82) is 0 Å². The van der Waals surface area contributed by atoms with Crippen molar-refractivity contribution in [3.63, 3.8) is 0 Å². The van der Waals surface area contributed by atoms with E-state index in [1.807, 2.05) is 0 Å². The Morgan fingerprint density at radius 1 is 1.37 bits per heavy atom. The second kappa shape index (κ2) is 5.83. The van der Waals surface area contributed by atoms with Gasteiger partial charge in [0.25, 0.3) is 0 Å². The summed E-state index contributed by atoms with van der Waals surface area (Å²) in [4.78, 5) is 0. The van der Waals surface area contributed by atoms with Crippen LogP contribution in [0.1, 0.15) is 42.9 Å². The first-order chi connectivity index (χ1) is 8.91. The maximum absolute atomic E-state index is 12.9. The second-order valence-corrected chi connectivity index (χ2v) is 5.95. The fourth-order valence-electron chi connectivity index (χ4n) is 2.26. The molecule has 2 rings (SSSR count). The van der Waals surface area contributed by atoms with E-state index in [0.717, 1.165) is 18.8 Å². The van der Waals surface area contributed by atoms with Crippen LogP contribution in [0, 0.1) is 5.92 Å². The molecule has 0 saturated heterocycles. The SMILES string of the molecule is CNC(CCC1CC1)c1ccc(Br)c(C(F)(F)F)c1. The first kappa shape index (κ1) is 14.9. The third-order valence-electron chi connectivity index (χ3n) is 3.61. The van der Waals surface area contributed by atoms with Gasteiger partial charge in [0.05, 0.1) is 5.56 Å². The van der Waals surface area contributed by atoms with Crippen LogP contribution in [0.2, 0.25) is 0 Å². The molecule has 1 unspecified atom stereocenters. The molecule has 1 aromatic carbocycles. The maximum atomic E-state index is 12.9. The molecule has 0 heterocycles. The molecule has 1 saturated carbocycles. The van der Waals surface area contributed by atoms with Gasteiger partial charge in [-0.3, -0.25) is 0 Å². The molecule has 1 N–H and O–H groups in total. The Kier molecular flexibility index (Phi) is 4.56. The fraction of sp³-hybridized carbons (Fsp3) is 0.571. The van der Waals surface area contributed by atoms with Crippen LogP contribution < -0.4 is 5.32 Å². The van der Waals surface area contributed by atoms with E-state index in [2.05, 4.69) is 21.2 Å². The summed E-state index contributed by atoms with van der Waals surface area (Å²) in [5.41, 5.74) is 0.107. The first-order valence-corrected chi connectivity index (χ1v) is 7.25. The van der Waals surface area contributed by atoms with Crippen LogP contribution in [0.5, 0.6) is 0 Å². The third-order valence-corrected chi connectivity index (χ3v) is 4.30. The van der Waals surface area contributed by atoms with Gasteiger partial charge < -0.3 is 5.32 Å². The zero-order valence-electron chi connectivity index (χ0n) is 10.7. The normalized spacial score (nSPS) is 17.5. The highest BCUT2D eigenvalue weighted by atomic mass is 79.9. The fourth-order valence-corrected chi connectivity index (χ4v) is 2.73. The van der Waals surface area contributed by atoms with E-state index >= 15 is 0 Å². The van der Waals surface area contributed by atoms with Gasteiger partial charge in [-0.15, -0.1) is 0 Å². The van der Waals surface area contributed by atoms with E-state index in [1.54, 1.807) is 13.1 Å². The summed E-state index contributed by atoms with van der Waals surface area (Å²) >= 11 is 2.97. The predicted octanol–water partition coefficient (Wildman–Crippen LogP) is 4.92. The van der Waals surface area contributed by atoms with Crippen LogP contribution in [0.4, 0.5) is 13.2 Å². The molecule has 19 heavy (non-hydrogen) atoms. The van der Waals surface area contributed by atoms with E-state index < -0.39 is 11.7 Å². The molecule has 1 fully saturated rings. The zero-order valence-corrected chi connectivity index (χ0v) is 12.3. The summed E-state index contributed by atoms with van der Waals surface area (Å²) in [6.07, 6.45) is 0.196. The molecule has 0 aromatic heterocycles. The van der Waals surface area contributed by atoms with Crippen molar-refractivity contribution in [1.82, 2.24) is 5.32 Å². The minimum atomic E-state index is -4.32. The van der Waals surface area contributed by atoms with Crippen molar-refractivity contribution < 1.29 is 13.2 Å². The van der Waals surface area contributed by atoms with Crippen molar-refractivity contribution >= 4 is 15.9 Å².